The van der Waals surface area contributed by atoms with Crippen LogP contribution in [0, 0.1) is 17.7 Å². The van der Waals surface area contributed by atoms with Crippen molar-refractivity contribution < 1.29 is 4.39 Å². The summed E-state index contributed by atoms with van der Waals surface area (Å²) < 4.78 is 16.0. The Morgan fingerprint density at radius 1 is 1.05 bits per heavy atom. The third-order valence-corrected chi connectivity index (χ3v) is 5.65. The molecule has 2 aromatic rings. The molecule has 0 amide bonds. The lowest BCUT2D eigenvalue weighted by molar-refractivity contribution is 0.347. The van der Waals surface area contributed by atoms with Gasteiger partial charge in [0.25, 0.3) is 0 Å². The highest BCUT2D eigenvalue weighted by atomic mass is 19.1. The highest BCUT2D eigenvalue weighted by Gasteiger charge is 2.51. The number of hydrogen-bond donors (Lipinski definition) is 0. The molecule has 96 valence electrons. The molecule has 4 unspecified atom stereocenters. The summed E-state index contributed by atoms with van der Waals surface area (Å²) in [6.45, 7) is 0. The molecule has 5 rings (SSSR count). The summed E-state index contributed by atoms with van der Waals surface area (Å²) in [4.78, 5) is 0. The first-order valence-corrected chi connectivity index (χ1v) is 7.30. The van der Waals surface area contributed by atoms with Crippen molar-refractivity contribution in [1.29, 1.82) is 0 Å². The van der Waals surface area contributed by atoms with Gasteiger partial charge < -0.3 is 4.57 Å². The molecule has 1 aliphatic heterocycles. The van der Waals surface area contributed by atoms with Crippen molar-refractivity contribution in [2.75, 3.05) is 0 Å². The molecule has 2 heterocycles. The molecule has 2 heteroatoms. The van der Waals surface area contributed by atoms with Crippen LogP contribution in [-0.2, 0) is 0 Å². The van der Waals surface area contributed by atoms with Crippen LogP contribution in [0.15, 0.2) is 36.5 Å². The van der Waals surface area contributed by atoms with E-state index in [1.807, 2.05) is 6.07 Å². The minimum absolute atomic E-state index is 0.0871. The van der Waals surface area contributed by atoms with E-state index in [-0.39, 0.29) is 5.82 Å². The third-order valence-electron chi connectivity index (χ3n) is 5.65. The van der Waals surface area contributed by atoms with Crippen molar-refractivity contribution in [3.63, 3.8) is 0 Å². The van der Waals surface area contributed by atoms with E-state index in [9.17, 15) is 4.39 Å². The molecule has 0 radical (unpaired) electrons. The molecule has 2 fully saturated rings. The normalized spacial score (nSPS) is 33.9. The van der Waals surface area contributed by atoms with E-state index in [0.717, 1.165) is 11.8 Å². The smallest absolute Gasteiger partial charge is 0.123 e. The first kappa shape index (κ1) is 10.2. The second-order valence-electron chi connectivity index (χ2n) is 6.39. The van der Waals surface area contributed by atoms with E-state index in [4.69, 9.17) is 0 Å². The zero-order valence-corrected chi connectivity index (χ0v) is 10.7. The lowest BCUT2D eigenvalue weighted by Crippen LogP contribution is -2.26. The standard InChI is InChI=1S/C17H16FN/c18-12-5-6-14-13(9-12)16-10-3-4-11(8-10)17(16)15-2-1-7-19(14)15/h1-2,5-7,9-11,16-17H,3-4,8H2. The van der Waals surface area contributed by atoms with Crippen LogP contribution in [0.3, 0.4) is 0 Å². The number of rotatable bonds is 0. The summed E-state index contributed by atoms with van der Waals surface area (Å²) in [7, 11) is 0. The van der Waals surface area contributed by atoms with E-state index < -0.39 is 0 Å². The molecule has 2 saturated carbocycles. The predicted octanol–water partition coefficient (Wildman–Crippen LogP) is 4.23. The van der Waals surface area contributed by atoms with Crippen LogP contribution in [0.1, 0.15) is 42.4 Å². The number of aromatic nitrogens is 1. The first-order valence-electron chi connectivity index (χ1n) is 7.30. The van der Waals surface area contributed by atoms with Gasteiger partial charge in [0.05, 0.1) is 0 Å². The number of benzene rings is 1. The third kappa shape index (κ3) is 1.15. The summed E-state index contributed by atoms with van der Waals surface area (Å²) >= 11 is 0. The summed E-state index contributed by atoms with van der Waals surface area (Å²) in [6.07, 6.45) is 6.18. The van der Waals surface area contributed by atoms with Crippen molar-refractivity contribution in [2.45, 2.75) is 31.1 Å². The molecular weight excluding hydrogens is 237 g/mol. The molecule has 3 aliphatic rings. The average Bonchev–Trinajstić information content (AvgIpc) is 3.13. The Balaban J connectivity index is 1.82. The van der Waals surface area contributed by atoms with Gasteiger partial charge in [0, 0.05) is 23.5 Å². The van der Waals surface area contributed by atoms with Gasteiger partial charge in [-0.1, -0.05) is 0 Å². The van der Waals surface area contributed by atoms with Gasteiger partial charge >= 0.3 is 0 Å². The molecule has 2 aliphatic carbocycles. The van der Waals surface area contributed by atoms with Crippen LogP contribution in [-0.4, -0.2) is 4.57 Å². The maximum absolute atomic E-state index is 13.7. The second-order valence-corrected chi connectivity index (χ2v) is 6.39. The number of nitrogens with zero attached hydrogens (tertiary/aromatic N) is 1. The molecule has 0 N–H and O–H groups in total. The predicted molar refractivity (Wildman–Crippen MR) is 72.0 cm³/mol. The van der Waals surface area contributed by atoms with Crippen LogP contribution in [0.2, 0.25) is 0 Å². The topological polar surface area (TPSA) is 4.93 Å². The van der Waals surface area contributed by atoms with Gasteiger partial charge in [-0.15, -0.1) is 0 Å². The summed E-state index contributed by atoms with van der Waals surface area (Å²) in [5.41, 5.74) is 3.91. The van der Waals surface area contributed by atoms with Gasteiger partial charge in [-0.2, -0.15) is 0 Å². The maximum Gasteiger partial charge on any atom is 0.123 e. The molecule has 1 nitrogen and oxygen atoms in total. The first-order chi connectivity index (χ1) is 9.33. The quantitative estimate of drug-likeness (QED) is 0.662. The van der Waals surface area contributed by atoms with E-state index in [1.165, 1.54) is 36.2 Å². The van der Waals surface area contributed by atoms with Crippen LogP contribution in [0.25, 0.3) is 5.69 Å². The van der Waals surface area contributed by atoms with Gasteiger partial charge in [0.15, 0.2) is 0 Å². The van der Waals surface area contributed by atoms with E-state index >= 15 is 0 Å². The Kier molecular flexibility index (Phi) is 1.78. The zero-order chi connectivity index (χ0) is 12.6. The minimum atomic E-state index is -0.0871. The van der Waals surface area contributed by atoms with Crippen LogP contribution in [0.5, 0.6) is 0 Å². The Labute approximate surface area is 112 Å². The Hall–Kier alpha value is -1.57. The maximum atomic E-state index is 13.7. The lowest BCUT2D eigenvalue weighted by Gasteiger charge is -2.38. The SMILES string of the molecule is Fc1ccc2c(c1)C1C3CCC(C3)C1c1cccn1-2. The van der Waals surface area contributed by atoms with Crippen molar-refractivity contribution >= 4 is 0 Å². The summed E-state index contributed by atoms with van der Waals surface area (Å²) in [6, 6.07) is 9.74. The van der Waals surface area contributed by atoms with Gasteiger partial charge in [0.2, 0.25) is 0 Å². The highest BCUT2D eigenvalue weighted by molar-refractivity contribution is 5.52. The zero-order valence-electron chi connectivity index (χ0n) is 10.7. The Morgan fingerprint density at radius 2 is 1.89 bits per heavy atom. The van der Waals surface area contributed by atoms with Gasteiger partial charge in [0.1, 0.15) is 5.82 Å². The van der Waals surface area contributed by atoms with Crippen molar-refractivity contribution in [1.82, 2.24) is 4.57 Å². The molecule has 0 spiro atoms. The van der Waals surface area contributed by atoms with E-state index in [1.54, 1.807) is 12.1 Å². The van der Waals surface area contributed by atoms with Crippen LogP contribution in [0.4, 0.5) is 4.39 Å². The number of fused-ring (bicyclic) bond motifs is 10. The molecule has 1 aromatic heterocycles. The van der Waals surface area contributed by atoms with E-state index in [0.29, 0.717) is 11.8 Å². The van der Waals surface area contributed by atoms with Gasteiger partial charge in [-0.25, -0.2) is 4.39 Å². The minimum Gasteiger partial charge on any atom is -0.320 e. The fraction of sp³-hybridized carbons (Fsp3) is 0.412. The lowest BCUT2D eigenvalue weighted by atomic mass is 9.72. The van der Waals surface area contributed by atoms with Crippen molar-refractivity contribution in [3.8, 4) is 5.69 Å². The van der Waals surface area contributed by atoms with Crippen molar-refractivity contribution in [3.05, 3.63) is 53.6 Å². The molecule has 0 saturated heterocycles. The highest BCUT2D eigenvalue weighted by Crippen LogP contribution is 2.63. The fourth-order valence-electron chi connectivity index (χ4n) is 5.06. The average molecular weight is 253 g/mol. The fourth-order valence-corrected chi connectivity index (χ4v) is 5.06. The van der Waals surface area contributed by atoms with Crippen LogP contribution >= 0.6 is 0 Å². The van der Waals surface area contributed by atoms with Crippen LogP contribution < -0.4 is 0 Å². The molecule has 19 heavy (non-hydrogen) atoms. The van der Waals surface area contributed by atoms with Gasteiger partial charge in [-0.3, -0.25) is 0 Å². The number of hydrogen-bond acceptors (Lipinski definition) is 0. The molecule has 2 bridgehead atoms. The largest absolute Gasteiger partial charge is 0.320 e. The second kappa shape index (κ2) is 3.30. The molecule has 4 atom stereocenters. The number of halogens is 1. The Bertz CT molecular complexity index is 672. The summed E-state index contributed by atoms with van der Waals surface area (Å²) in [5, 5.41) is 0. The van der Waals surface area contributed by atoms with E-state index in [2.05, 4.69) is 22.9 Å². The van der Waals surface area contributed by atoms with Gasteiger partial charge in [-0.05, 0) is 72.9 Å². The Morgan fingerprint density at radius 3 is 2.79 bits per heavy atom. The molecular formula is C17H16FN. The molecule has 1 aromatic carbocycles. The summed E-state index contributed by atoms with van der Waals surface area (Å²) in [5.74, 6) is 2.70. The monoisotopic (exact) mass is 253 g/mol. The van der Waals surface area contributed by atoms with Crippen molar-refractivity contribution in [2.24, 2.45) is 11.8 Å².